The van der Waals surface area contributed by atoms with Gasteiger partial charge in [-0.05, 0) is 24.6 Å². The Morgan fingerprint density at radius 2 is 1.86 bits per heavy atom. The second kappa shape index (κ2) is 12.8. The first-order valence-electron chi connectivity index (χ1n) is 12.7. The highest BCUT2D eigenvalue weighted by Gasteiger charge is 2.34. The highest BCUT2D eigenvalue weighted by molar-refractivity contribution is 6.03. The Balaban J connectivity index is 1.56. The van der Waals surface area contributed by atoms with Crippen LogP contribution in [0.3, 0.4) is 0 Å². The number of rotatable bonds is 10. The SMILES string of the molecule is COCC(=O)N(CCN1CCOCC1)CC(=O)N1N=C(c2cccc(OC)c2)C[C@H]1c1ccc(C)cc1. The maximum atomic E-state index is 13.7. The topological polar surface area (TPSA) is 83.9 Å². The van der Waals surface area contributed by atoms with Crippen molar-refractivity contribution in [2.24, 2.45) is 5.10 Å². The standard InChI is InChI=1S/C28H36N4O5/c1-21-7-9-22(10-8-21)26-18-25(23-5-4-6-24(17-23)36-3)29-32(26)27(33)19-31(28(34)20-35-2)12-11-30-13-15-37-16-14-30/h4-10,17,26H,11-16,18-20H2,1-3H3/t26-/m0/s1. The number of benzene rings is 2. The van der Waals surface area contributed by atoms with E-state index in [9.17, 15) is 9.59 Å². The first-order chi connectivity index (χ1) is 18.0. The third kappa shape index (κ3) is 6.94. The minimum atomic E-state index is -0.257. The van der Waals surface area contributed by atoms with E-state index in [4.69, 9.17) is 19.3 Å². The van der Waals surface area contributed by atoms with E-state index in [0.29, 0.717) is 32.7 Å². The predicted octanol–water partition coefficient (Wildman–Crippen LogP) is 2.49. The number of morpholine rings is 1. The summed E-state index contributed by atoms with van der Waals surface area (Å²) in [4.78, 5) is 30.4. The first-order valence-corrected chi connectivity index (χ1v) is 12.7. The summed E-state index contributed by atoms with van der Waals surface area (Å²) in [5.41, 5.74) is 3.86. The molecule has 9 heteroatoms. The van der Waals surface area contributed by atoms with Gasteiger partial charge >= 0.3 is 0 Å². The second-order valence-corrected chi connectivity index (χ2v) is 9.35. The van der Waals surface area contributed by atoms with Gasteiger partial charge in [-0.1, -0.05) is 42.0 Å². The summed E-state index contributed by atoms with van der Waals surface area (Å²) >= 11 is 0. The molecule has 0 aliphatic carbocycles. The number of nitrogens with zero attached hydrogens (tertiary/aromatic N) is 4. The zero-order valence-corrected chi connectivity index (χ0v) is 21.9. The van der Waals surface area contributed by atoms with Gasteiger partial charge in [-0.3, -0.25) is 14.5 Å². The van der Waals surface area contributed by atoms with E-state index in [-0.39, 0.29) is 31.0 Å². The van der Waals surface area contributed by atoms with Gasteiger partial charge in [0.25, 0.3) is 5.91 Å². The highest BCUT2D eigenvalue weighted by Crippen LogP contribution is 2.33. The van der Waals surface area contributed by atoms with Crippen LogP contribution in [0, 0.1) is 6.92 Å². The van der Waals surface area contributed by atoms with E-state index in [1.807, 2.05) is 55.5 Å². The number of aryl methyl sites for hydroxylation is 1. The number of hydrazone groups is 1. The molecule has 2 aliphatic heterocycles. The molecule has 1 atom stereocenters. The van der Waals surface area contributed by atoms with Gasteiger partial charge in [0.05, 0.1) is 32.1 Å². The normalized spacial score (nSPS) is 18.0. The summed E-state index contributed by atoms with van der Waals surface area (Å²) in [7, 11) is 3.11. The lowest BCUT2D eigenvalue weighted by Crippen LogP contribution is -2.47. The minimum absolute atomic E-state index is 0.0657. The van der Waals surface area contributed by atoms with Gasteiger partial charge < -0.3 is 19.1 Å². The average Bonchev–Trinajstić information content (AvgIpc) is 3.38. The molecule has 1 saturated heterocycles. The van der Waals surface area contributed by atoms with E-state index < -0.39 is 0 Å². The minimum Gasteiger partial charge on any atom is -0.497 e. The number of ether oxygens (including phenoxy) is 3. The van der Waals surface area contributed by atoms with E-state index in [1.54, 1.807) is 17.0 Å². The maximum Gasteiger partial charge on any atom is 0.262 e. The van der Waals surface area contributed by atoms with Gasteiger partial charge in [0.15, 0.2) is 0 Å². The summed E-state index contributed by atoms with van der Waals surface area (Å²) in [5.74, 6) is 0.290. The van der Waals surface area contributed by atoms with Crippen molar-refractivity contribution in [2.75, 3.05) is 66.8 Å². The Labute approximate surface area is 218 Å². The molecule has 0 bridgehead atoms. The lowest BCUT2D eigenvalue weighted by molar-refractivity contribution is -0.143. The molecule has 37 heavy (non-hydrogen) atoms. The van der Waals surface area contributed by atoms with Crippen LogP contribution in [0.5, 0.6) is 5.75 Å². The lowest BCUT2D eigenvalue weighted by atomic mass is 9.97. The number of carbonyl (C=O) groups is 2. The second-order valence-electron chi connectivity index (χ2n) is 9.35. The van der Waals surface area contributed by atoms with Crippen LogP contribution in [-0.4, -0.2) is 99.1 Å². The molecule has 2 amide bonds. The van der Waals surface area contributed by atoms with Gasteiger partial charge in [0.1, 0.15) is 18.9 Å². The quantitative estimate of drug-likeness (QED) is 0.490. The monoisotopic (exact) mass is 508 g/mol. The fourth-order valence-corrected chi connectivity index (χ4v) is 4.59. The fourth-order valence-electron chi connectivity index (χ4n) is 4.59. The molecule has 2 heterocycles. The van der Waals surface area contributed by atoms with Crippen molar-refractivity contribution in [1.82, 2.24) is 14.8 Å². The van der Waals surface area contributed by atoms with Crippen molar-refractivity contribution in [3.8, 4) is 5.75 Å². The molecule has 1 fully saturated rings. The van der Waals surface area contributed by atoms with Crippen molar-refractivity contribution in [3.05, 3.63) is 65.2 Å². The molecular formula is C28H36N4O5. The van der Waals surface area contributed by atoms with Gasteiger partial charge in [0, 0.05) is 45.3 Å². The number of hydrogen-bond acceptors (Lipinski definition) is 7. The number of amides is 2. The van der Waals surface area contributed by atoms with Gasteiger partial charge in [0.2, 0.25) is 5.91 Å². The molecule has 4 rings (SSSR count). The Hall–Kier alpha value is -3.27. The van der Waals surface area contributed by atoms with Crippen molar-refractivity contribution in [2.45, 2.75) is 19.4 Å². The smallest absolute Gasteiger partial charge is 0.262 e. The van der Waals surface area contributed by atoms with Crippen LogP contribution >= 0.6 is 0 Å². The summed E-state index contributed by atoms with van der Waals surface area (Å²) in [5, 5.41) is 6.31. The van der Waals surface area contributed by atoms with Crippen LogP contribution in [0.4, 0.5) is 0 Å². The van der Waals surface area contributed by atoms with Gasteiger partial charge in [-0.15, -0.1) is 0 Å². The number of methoxy groups -OCH3 is 2. The zero-order chi connectivity index (χ0) is 26.2. The van der Waals surface area contributed by atoms with Gasteiger partial charge in [-0.25, -0.2) is 5.01 Å². The molecule has 0 radical (unpaired) electrons. The largest absolute Gasteiger partial charge is 0.497 e. The molecule has 0 N–H and O–H groups in total. The number of hydrogen-bond donors (Lipinski definition) is 0. The van der Waals surface area contributed by atoms with E-state index >= 15 is 0 Å². The fraction of sp³-hybridized carbons (Fsp3) is 0.464. The summed E-state index contributed by atoms with van der Waals surface area (Å²) < 4.78 is 15.9. The molecule has 9 nitrogen and oxygen atoms in total. The van der Waals surface area contributed by atoms with E-state index in [1.165, 1.54) is 7.11 Å². The Morgan fingerprint density at radius 1 is 1.11 bits per heavy atom. The molecule has 2 aliphatic rings. The summed E-state index contributed by atoms with van der Waals surface area (Å²) in [6, 6.07) is 15.6. The van der Waals surface area contributed by atoms with Crippen LogP contribution in [-0.2, 0) is 19.1 Å². The van der Waals surface area contributed by atoms with Crippen LogP contribution in [0.1, 0.15) is 29.2 Å². The molecule has 0 saturated carbocycles. The van der Waals surface area contributed by atoms with Crippen LogP contribution in [0.25, 0.3) is 0 Å². The highest BCUT2D eigenvalue weighted by atomic mass is 16.5. The molecule has 2 aromatic carbocycles. The zero-order valence-electron chi connectivity index (χ0n) is 21.9. The molecular weight excluding hydrogens is 472 g/mol. The lowest BCUT2D eigenvalue weighted by Gasteiger charge is -2.31. The van der Waals surface area contributed by atoms with Crippen molar-refractivity contribution < 1.29 is 23.8 Å². The van der Waals surface area contributed by atoms with Crippen molar-refractivity contribution in [3.63, 3.8) is 0 Å². The number of carbonyl (C=O) groups excluding carboxylic acids is 2. The molecule has 198 valence electrons. The predicted molar refractivity (Wildman–Crippen MR) is 141 cm³/mol. The van der Waals surface area contributed by atoms with Crippen LogP contribution in [0.15, 0.2) is 53.6 Å². The third-order valence-electron chi connectivity index (χ3n) is 6.77. The first kappa shape index (κ1) is 26.8. The summed E-state index contributed by atoms with van der Waals surface area (Å²) in [6.07, 6.45) is 0.571. The molecule has 0 unspecified atom stereocenters. The molecule has 0 aromatic heterocycles. The summed E-state index contributed by atoms with van der Waals surface area (Å²) in [6.45, 7) is 5.99. The average molecular weight is 509 g/mol. The Kier molecular flexibility index (Phi) is 9.27. The van der Waals surface area contributed by atoms with E-state index in [2.05, 4.69) is 4.90 Å². The van der Waals surface area contributed by atoms with Crippen molar-refractivity contribution in [1.29, 1.82) is 0 Å². The molecule has 2 aromatic rings. The molecule has 0 spiro atoms. The van der Waals surface area contributed by atoms with Gasteiger partial charge in [-0.2, -0.15) is 5.10 Å². The van der Waals surface area contributed by atoms with Crippen LogP contribution in [0.2, 0.25) is 0 Å². The third-order valence-corrected chi connectivity index (χ3v) is 6.77. The van der Waals surface area contributed by atoms with E-state index in [0.717, 1.165) is 41.2 Å². The van der Waals surface area contributed by atoms with Crippen LogP contribution < -0.4 is 4.74 Å². The maximum absolute atomic E-state index is 13.7. The Bertz CT molecular complexity index is 1100. The Morgan fingerprint density at radius 3 is 2.57 bits per heavy atom. The van der Waals surface area contributed by atoms with Crippen molar-refractivity contribution >= 4 is 17.5 Å².